The van der Waals surface area contributed by atoms with Gasteiger partial charge in [0, 0.05) is 17.5 Å². The highest BCUT2D eigenvalue weighted by atomic mass is 35.5. The van der Waals surface area contributed by atoms with Crippen molar-refractivity contribution in [3.05, 3.63) is 33.5 Å². The van der Waals surface area contributed by atoms with Gasteiger partial charge in [-0.2, -0.15) is 0 Å². The maximum absolute atomic E-state index is 5.87. The number of hydrogen-bond acceptors (Lipinski definition) is 2. The molecule has 0 saturated heterocycles. The summed E-state index contributed by atoms with van der Waals surface area (Å²) < 4.78 is 0.891. The SMILES string of the molecule is Clc1ccc(CCNC2C=CCCC2)s1. The first-order chi connectivity index (χ1) is 7.34. The minimum atomic E-state index is 0.592. The second-order valence-corrected chi connectivity index (χ2v) is 5.68. The van der Waals surface area contributed by atoms with Gasteiger partial charge >= 0.3 is 0 Å². The summed E-state index contributed by atoms with van der Waals surface area (Å²) in [6, 6.07) is 4.68. The molecule has 1 atom stereocenters. The van der Waals surface area contributed by atoms with Crippen molar-refractivity contribution >= 4 is 22.9 Å². The van der Waals surface area contributed by atoms with Gasteiger partial charge < -0.3 is 5.32 Å². The summed E-state index contributed by atoms with van der Waals surface area (Å²) in [5.41, 5.74) is 0. The molecule has 1 unspecified atom stereocenters. The Morgan fingerprint density at radius 2 is 2.40 bits per heavy atom. The highest BCUT2D eigenvalue weighted by Gasteiger charge is 2.06. The Labute approximate surface area is 100 Å². The van der Waals surface area contributed by atoms with Crippen molar-refractivity contribution in [2.45, 2.75) is 31.7 Å². The average molecular weight is 242 g/mol. The standard InChI is InChI=1S/C12H16ClNS/c13-12-7-6-11(15-12)8-9-14-10-4-2-1-3-5-10/h2,4,6-7,10,14H,1,3,5,8-9H2. The van der Waals surface area contributed by atoms with Crippen LogP contribution in [0.2, 0.25) is 4.34 Å². The topological polar surface area (TPSA) is 12.0 Å². The summed E-state index contributed by atoms with van der Waals surface area (Å²) in [5, 5.41) is 3.56. The van der Waals surface area contributed by atoms with Gasteiger partial charge in [-0.25, -0.2) is 0 Å². The smallest absolute Gasteiger partial charge is 0.0931 e. The highest BCUT2D eigenvalue weighted by molar-refractivity contribution is 7.16. The normalized spacial score (nSPS) is 20.7. The number of nitrogens with one attached hydrogen (secondary N) is 1. The minimum Gasteiger partial charge on any atom is -0.310 e. The zero-order valence-corrected chi connectivity index (χ0v) is 10.3. The van der Waals surface area contributed by atoms with E-state index in [1.54, 1.807) is 11.3 Å². The van der Waals surface area contributed by atoms with Gasteiger partial charge in [0.2, 0.25) is 0 Å². The van der Waals surface area contributed by atoms with Gasteiger partial charge in [-0.3, -0.25) is 0 Å². The largest absolute Gasteiger partial charge is 0.310 e. The molecule has 0 bridgehead atoms. The van der Waals surface area contributed by atoms with Crippen LogP contribution in [0, 0.1) is 0 Å². The van der Waals surface area contributed by atoms with E-state index < -0.39 is 0 Å². The van der Waals surface area contributed by atoms with Crippen LogP contribution >= 0.6 is 22.9 Å². The van der Waals surface area contributed by atoms with E-state index in [0.717, 1.165) is 17.3 Å². The molecule has 82 valence electrons. The molecule has 1 N–H and O–H groups in total. The quantitative estimate of drug-likeness (QED) is 0.794. The molecule has 1 aliphatic rings. The van der Waals surface area contributed by atoms with E-state index in [9.17, 15) is 0 Å². The third kappa shape index (κ3) is 3.63. The molecule has 1 aliphatic carbocycles. The zero-order chi connectivity index (χ0) is 10.5. The average Bonchev–Trinajstić information content (AvgIpc) is 2.66. The maximum atomic E-state index is 5.87. The molecular formula is C12H16ClNS. The monoisotopic (exact) mass is 241 g/mol. The lowest BCUT2D eigenvalue weighted by atomic mass is 10.0. The van der Waals surface area contributed by atoms with Crippen molar-refractivity contribution < 1.29 is 0 Å². The molecule has 0 saturated carbocycles. The van der Waals surface area contributed by atoms with Gasteiger partial charge in [0.15, 0.2) is 0 Å². The molecule has 3 heteroatoms. The highest BCUT2D eigenvalue weighted by Crippen LogP contribution is 2.21. The van der Waals surface area contributed by atoms with Gasteiger partial charge in [-0.1, -0.05) is 23.8 Å². The summed E-state index contributed by atoms with van der Waals surface area (Å²) in [6.07, 6.45) is 9.51. The molecule has 0 amide bonds. The molecule has 1 heterocycles. The second kappa shape index (κ2) is 5.69. The number of thiophene rings is 1. The minimum absolute atomic E-state index is 0.592. The van der Waals surface area contributed by atoms with Gasteiger partial charge in [0.05, 0.1) is 4.34 Å². The molecule has 1 nitrogen and oxygen atoms in total. The number of rotatable bonds is 4. The van der Waals surface area contributed by atoms with Crippen molar-refractivity contribution in [1.29, 1.82) is 0 Å². The van der Waals surface area contributed by atoms with E-state index in [0.29, 0.717) is 6.04 Å². The van der Waals surface area contributed by atoms with Crippen LogP contribution in [-0.2, 0) is 6.42 Å². The fraction of sp³-hybridized carbons (Fsp3) is 0.500. The Balaban J connectivity index is 1.70. The molecule has 0 aliphatic heterocycles. The first kappa shape index (κ1) is 11.2. The molecule has 15 heavy (non-hydrogen) atoms. The number of allylic oxidation sites excluding steroid dienone is 1. The zero-order valence-electron chi connectivity index (χ0n) is 8.71. The maximum Gasteiger partial charge on any atom is 0.0931 e. The van der Waals surface area contributed by atoms with Crippen molar-refractivity contribution in [2.24, 2.45) is 0 Å². The molecule has 0 fully saturated rings. The number of hydrogen-bond donors (Lipinski definition) is 1. The van der Waals surface area contributed by atoms with Crippen LogP contribution < -0.4 is 5.32 Å². The lowest BCUT2D eigenvalue weighted by Crippen LogP contribution is -2.30. The third-order valence-electron chi connectivity index (χ3n) is 2.66. The van der Waals surface area contributed by atoms with Crippen LogP contribution in [-0.4, -0.2) is 12.6 Å². The van der Waals surface area contributed by atoms with E-state index in [4.69, 9.17) is 11.6 Å². The summed E-state index contributed by atoms with van der Waals surface area (Å²) in [6.45, 7) is 1.05. The predicted octanol–water partition coefficient (Wildman–Crippen LogP) is 3.64. The predicted molar refractivity (Wildman–Crippen MR) is 67.8 cm³/mol. The van der Waals surface area contributed by atoms with E-state index in [2.05, 4.69) is 23.5 Å². The van der Waals surface area contributed by atoms with Crippen molar-refractivity contribution in [3.63, 3.8) is 0 Å². The second-order valence-electron chi connectivity index (χ2n) is 3.88. The lowest BCUT2D eigenvalue weighted by molar-refractivity contribution is 0.526. The molecule has 2 rings (SSSR count). The van der Waals surface area contributed by atoms with E-state index >= 15 is 0 Å². The Kier molecular flexibility index (Phi) is 4.24. The van der Waals surface area contributed by atoms with Gasteiger partial charge in [-0.15, -0.1) is 11.3 Å². The Morgan fingerprint density at radius 3 is 3.07 bits per heavy atom. The number of halogens is 1. The molecule has 0 aromatic carbocycles. The van der Waals surface area contributed by atoms with Gasteiger partial charge in [0.1, 0.15) is 0 Å². The van der Waals surface area contributed by atoms with Crippen LogP contribution in [0.5, 0.6) is 0 Å². The Morgan fingerprint density at radius 1 is 1.47 bits per heavy atom. The van der Waals surface area contributed by atoms with Crippen LogP contribution in [0.4, 0.5) is 0 Å². The van der Waals surface area contributed by atoms with E-state index in [-0.39, 0.29) is 0 Å². The van der Waals surface area contributed by atoms with Gasteiger partial charge in [-0.05, 0) is 37.8 Å². The van der Waals surface area contributed by atoms with Crippen molar-refractivity contribution in [2.75, 3.05) is 6.54 Å². The van der Waals surface area contributed by atoms with Crippen LogP contribution in [0.25, 0.3) is 0 Å². The molecule has 0 radical (unpaired) electrons. The first-order valence-electron chi connectivity index (χ1n) is 5.49. The lowest BCUT2D eigenvalue weighted by Gasteiger charge is -2.17. The molecule has 0 spiro atoms. The molecular weight excluding hydrogens is 226 g/mol. The van der Waals surface area contributed by atoms with Crippen LogP contribution in [0.1, 0.15) is 24.1 Å². The Hall–Kier alpha value is -0.310. The molecule has 1 aromatic rings. The summed E-state index contributed by atoms with van der Waals surface area (Å²) in [7, 11) is 0. The summed E-state index contributed by atoms with van der Waals surface area (Å²) >= 11 is 7.56. The summed E-state index contributed by atoms with van der Waals surface area (Å²) in [5.74, 6) is 0. The van der Waals surface area contributed by atoms with E-state index in [1.807, 2.05) is 6.07 Å². The fourth-order valence-corrected chi connectivity index (χ4v) is 2.94. The van der Waals surface area contributed by atoms with Gasteiger partial charge in [0.25, 0.3) is 0 Å². The van der Waals surface area contributed by atoms with Crippen LogP contribution in [0.15, 0.2) is 24.3 Å². The molecule has 1 aromatic heterocycles. The van der Waals surface area contributed by atoms with Crippen LogP contribution in [0.3, 0.4) is 0 Å². The fourth-order valence-electron chi connectivity index (χ4n) is 1.85. The Bertz CT molecular complexity index is 332. The first-order valence-corrected chi connectivity index (χ1v) is 6.68. The van der Waals surface area contributed by atoms with Crippen molar-refractivity contribution in [1.82, 2.24) is 5.32 Å². The van der Waals surface area contributed by atoms with E-state index in [1.165, 1.54) is 24.1 Å². The summed E-state index contributed by atoms with van der Waals surface area (Å²) in [4.78, 5) is 1.37. The van der Waals surface area contributed by atoms with Crippen molar-refractivity contribution in [3.8, 4) is 0 Å². The third-order valence-corrected chi connectivity index (χ3v) is 3.95.